The Balaban J connectivity index is 2.05. The molecule has 1 saturated heterocycles. The third kappa shape index (κ3) is 4.60. The van der Waals surface area contributed by atoms with Gasteiger partial charge in [0.25, 0.3) is 0 Å². The maximum atomic E-state index is 12.5. The van der Waals surface area contributed by atoms with Gasteiger partial charge in [0.2, 0.25) is 0 Å². The fraction of sp³-hybridized carbons (Fsp3) is 0.474. The van der Waals surface area contributed by atoms with Crippen LogP contribution < -0.4 is 0 Å². The number of amides is 1. The van der Waals surface area contributed by atoms with Crippen LogP contribution in [0.5, 0.6) is 0 Å². The molecule has 1 amide bonds. The molecule has 130 valence electrons. The van der Waals surface area contributed by atoms with Crippen LogP contribution in [0, 0.1) is 0 Å². The highest BCUT2D eigenvalue weighted by Gasteiger charge is 2.42. The van der Waals surface area contributed by atoms with E-state index in [-0.39, 0.29) is 12.6 Å². The van der Waals surface area contributed by atoms with Crippen LogP contribution in [0.15, 0.2) is 43.0 Å². The maximum Gasteiger partial charge on any atom is 0.411 e. The number of ether oxygens (including phenoxy) is 2. The number of esters is 1. The zero-order valence-electron chi connectivity index (χ0n) is 14.5. The summed E-state index contributed by atoms with van der Waals surface area (Å²) in [6.07, 6.45) is 2.38. The molecule has 1 heterocycles. The first-order valence-corrected chi connectivity index (χ1v) is 8.16. The fourth-order valence-electron chi connectivity index (χ4n) is 2.73. The molecule has 1 fully saturated rings. The normalized spacial score (nSPS) is 20.5. The summed E-state index contributed by atoms with van der Waals surface area (Å²) in [4.78, 5) is 26.4. The highest BCUT2D eigenvalue weighted by molar-refractivity contribution is 5.82. The van der Waals surface area contributed by atoms with Gasteiger partial charge in [-0.05, 0) is 39.2 Å². The van der Waals surface area contributed by atoms with Crippen LogP contribution in [-0.2, 0) is 20.9 Å². The third-order valence-corrected chi connectivity index (χ3v) is 3.80. The molecule has 1 aliphatic heterocycles. The molecule has 5 heteroatoms. The SMILES string of the molecule is C=C[C@H]1CC[C@@H](C(=O)OC(C)(C)C)N1C(=O)OCc1ccccc1. The molecule has 2 rings (SSSR count). The van der Waals surface area contributed by atoms with E-state index in [0.29, 0.717) is 12.8 Å². The van der Waals surface area contributed by atoms with Gasteiger partial charge in [-0.2, -0.15) is 0 Å². The molecular weight excluding hydrogens is 306 g/mol. The number of hydrogen-bond acceptors (Lipinski definition) is 4. The van der Waals surface area contributed by atoms with Gasteiger partial charge in [0.15, 0.2) is 0 Å². The van der Waals surface area contributed by atoms with Gasteiger partial charge in [0.1, 0.15) is 18.2 Å². The minimum absolute atomic E-state index is 0.168. The Morgan fingerprint density at radius 1 is 1.25 bits per heavy atom. The molecule has 0 radical (unpaired) electrons. The lowest BCUT2D eigenvalue weighted by atomic mass is 10.1. The average molecular weight is 331 g/mol. The molecule has 1 aliphatic rings. The van der Waals surface area contributed by atoms with Crippen LogP contribution in [0.3, 0.4) is 0 Å². The van der Waals surface area contributed by atoms with Crippen LogP contribution in [0.1, 0.15) is 39.2 Å². The standard InChI is InChI=1S/C19H25NO4/c1-5-15-11-12-16(17(21)24-19(2,3)4)20(15)18(22)23-13-14-9-7-6-8-10-14/h5-10,15-16H,1,11-13H2,2-4H3/t15-,16-/m0/s1. The number of benzene rings is 1. The highest BCUT2D eigenvalue weighted by Crippen LogP contribution is 2.28. The summed E-state index contributed by atoms with van der Waals surface area (Å²) in [6.45, 7) is 9.35. The minimum atomic E-state index is -0.629. The second kappa shape index (κ2) is 7.51. The highest BCUT2D eigenvalue weighted by atomic mass is 16.6. The molecule has 0 aliphatic carbocycles. The molecule has 0 spiro atoms. The van der Waals surface area contributed by atoms with E-state index in [1.165, 1.54) is 4.90 Å². The van der Waals surface area contributed by atoms with Crippen molar-refractivity contribution in [3.63, 3.8) is 0 Å². The third-order valence-electron chi connectivity index (χ3n) is 3.80. The van der Waals surface area contributed by atoms with Gasteiger partial charge in [-0.25, -0.2) is 9.59 Å². The van der Waals surface area contributed by atoms with Gasteiger partial charge in [0, 0.05) is 0 Å². The van der Waals surface area contributed by atoms with Gasteiger partial charge in [-0.1, -0.05) is 36.4 Å². The van der Waals surface area contributed by atoms with Gasteiger partial charge in [0.05, 0.1) is 6.04 Å². The van der Waals surface area contributed by atoms with Crippen molar-refractivity contribution in [1.82, 2.24) is 4.90 Å². The number of likely N-dealkylation sites (tertiary alicyclic amines) is 1. The lowest BCUT2D eigenvalue weighted by Crippen LogP contribution is -2.46. The summed E-state index contributed by atoms with van der Waals surface area (Å²) in [5.41, 5.74) is 0.303. The molecule has 0 unspecified atom stereocenters. The van der Waals surface area contributed by atoms with Crippen molar-refractivity contribution in [2.45, 2.75) is 57.9 Å². The predicted octanol–water partition coefficient (Wildman–Crippen LogP) is 3.68. The van der Waals surface area contributed by atoms with E-state index in [1.807, 2.05) is 51.1 Å². The molecule has 0 bridgehead atoms. The van der Waals surface area contributed by atoms with Crippen molar-refractivity contribution in [3.05, 3.63) is 48.6 Å². The van der Waals surface area contributed by atoms with E-state index < -0.39 is 23.7 Å². The van der Waals surface area contributed by atoms with E-state index in [1.54, 1.807) is 6.08 Å². The number of carbonyl (C=O) groups is 2. The maximum absolute atomic E-state index is 12.5. The van der Waals surface area contributed by atoms with Crippen LogP contribution >= 0.6 is 0 Å². The first-order chi connectivity index (χ1) is 11.3. The molecule has 1 aromatic carbocycles. The molecule has 5 nitrogen and oxygen atoms in total. The molecular formula is C19H25NO4. The monoisotopic (exact) mass is 331 g/mol. The first kappa shape index (κ1) is 18.0. The van der Waals surface area contributed by atoms with Gasteiger partial charge in [-0.15, -0.1) is 6.58 Å². The Hall–Kier alpha value is -2.30. The molecule has 0 saturated carbocycles. The summed E-state index contributed by atoms with van der Waals surface area (Å²) in [6, 6.07) is 8.59. The average Bonchev–Trinajstić information content (AvgIpc) is 2.96. The second-order valence-electron chi connectivity index (χ2n) is 6.88. The summed E-state index contributed by atoms with van der Waals surface area (Å²) in [7, 11) is 0. The minimum Gasteiger partial charge on any atom is -0.458 e. The predicted molar refractivity (Wildman–Crippen MR) is 91.3 cm³/mol. The van der Waals surface area contributed by atoms with Gasteiger partial charge < -0.3 is 9.47 Å². The first-order valence-electron chi connectivity index (χ1n) is 8.16. The van der Waals surface area contributed by atoms with E-state index >= 15 is 0 Å². The van der Waals surface area contributed by atoms with Crippen molar-refractivity contribution in [1.29, 1.82) is 0 Å². The van der Waals surface area contributed by atoms with Crippen molar-refractivity contribution in [2.75, 3.05) is 0 Å². The van der Waals surface area contributed by atoms with E-state index in [4.69, 9.17) is 9.47 Å². The Labute approximate surface area is 143 Å². The summed E-state index contributed by atoms with van der Waals surface area (Å²) in [5.74, 6) is -0.400. The Kier molecular flexibility index (Phi) is 5.65. The van der Waals surface area contributed by atoms with Crippen LogP contribution in [0.4, 0.5) is 4.79 Å². The molecule has 0 aromatic heterocycles. The number of nitrogens with zero attached hydrogens (tertiary/aromatic N) is 1. The quantitative estimate of drug-likeness (QED) is 0.624. The largest absolute Gasteiger partial charge is 0.458 e. The Bertz CT molecular complexity index is 591. The Morgan fingerprint density at radius 3 is 2.50 bits per heavy atom. The topological polar surface area (TPSA) is 55.8 Å². The lowest BCUT2D eigenvalue weighted by molar-refractivity contribution is -0.160. The van der Waals surface area contributed by atoms with E-state index in [0.717, 1.165) is 5.56 Å². The van der Waals surface area contributed by atoms with E-state index in [9.17, 15) is 9.59 Å². The molecule has 0 N–H and O–H groups in total. The summed E-state index contributed by atoms with van der Waals surface area (Å²) in [5, 5.41) is 0. The molecule has 24 heavy (non-hydrogen) atoms. The Morgan fingerprint density at radius 2 is 1.92 bits per heavy atom. The van der Waals surface area contributed by atoms with E-state index in [2.05, 4.69) is 6.58 Å². The molecule has 1 aromatic rings. The van der Waals surface area contributed by atoms with Gasteiger partial charge >= 0.3 is 12.1 Å². The van der Waals surface area contributed by atoms with Gasteiger partial charge in [-0.3, -0.25) is 4.90 Å². The molecule has 2 atom stereocenters. The van der Waals surface area contributed by atoms with Crippen LogP contribution in [-0.4, -0.2) is 34.6 Å². The van der Waals surface area contributed by atoms with Crippen molar-refractivity contribution in [2.24, 2.45) is 0 Å². The fourth-order valence-corrected chi connectivity index (χ4v) is 2.73. The number of rotatable bonds is 4. The summed E-state index contributed by atoms with van der Waals surface area (Å²) < 4.78 is 10.8. The summed E-state index contributed by atoms with van der Waals surface area (Å²) >= 11 is 0. The number of hydrogen-bond donors (Lipinski definition) is 0. The zero-order chi connectivity index (χ0) is 17.7. The van der Waals surface area contributed by atoms with Crippen molar-refractivity contribution >= 4 is 12.1 Å². The lowest BCUT2D eigenvalue weighted by Gasteiger charge is -2.29. The smallest absolute Gasteiger partial charge is 0.411 e. The second-order valence-corrected chi connectivity index (χ2v) is 6.88. The number of carbonyl (C=O) groups excluding carboxylic acids is 2. The van der Waals surface area contributed by atoms with Crippen molar-refractivity contribution in [3.8, 4) is 0 Å². The van der Waals surface area contributed by atoms with Crippen LogP contribution in [0.25, 0.3) is 0 Å². The zero-order valence-corrected chi connectivity index (χ0v) is 14.5. The van der Waals surface area contributed by atoms with Crippen LogP contribution in [0.2, 0.25) is 0 Å². The van der Waals surface area contributed by atoms with Crippen molar-refractivity contribution < 1.29 is 19.1 Å².